The number of fused-ring (bicyclic) bond motifs is 1. The van der Waals surface area contributed by atoms with Crippen molar-refractivity contribution in [1.82, 2.24) is 0 Å². The lowest BCUT2D eigenvalue weighted by Gasteiger charge is -2.21. The number of benzene rings is 1. The average molecular weight is 327 g/mol. The zero-order valence-electron chi connectivity index (χ0n) is 10.8. The molecule has 2 rings (SSSR count). The quantitative estimate of drug-likeness (QED) is 0.664. The van der Waals surface area contributed by atoms with Gasteiger partial charge in [0.2, 0.25) is 0 Å². The molecule has 1 aliphatic heterocycles. The second kappa shape index (κ2) is 5.71. The number of ketones is 1. The molecule has 0 radical (unpaired) electrons. The van der Waals surface area contributed by atoms with E-state index in [0.717, 1.165) is 23.1 Å². The molecule has 6 heteroatoms. The Morgan fingerprint density at radius 1 is 1.37 bits per heavy atom. The predicted molar refractivity (Wildman–Crippen MR) is 76.9 cm³/mol. The van der Waals surface area contributed by atoms with Crippen molar-refractivity contribution in [2.24, 2.45) is 0 Å². The zero-order chi connectivity index (χ0) is 14.0. The van der Waals surface area contributed by atoms with Gasteiger partial charge in [-0.05, 0) is 34.5 Å². The fraction of sp³-hybridized carbons (Fsp3) is 0.385. The van der Waals surface area contributed by atoms with Gasteiger partial charge in [-0.15, -0.1) is 0 Å². The largest absolute Gasteiger partial charge is 0.385 e. The fourth-order valence-corrected chi connectivity index (χ4v) is 2.66. The van der Waals surface area contributed by atoms with E-state index in [4.69, 9.17) is 4.74 Å². The van der Waals surface area contributed by atoms with Gasteiger partial charge in [-0.2, -0.15) is 0 Å². The molecule has 0 fully saturated rings. The lowest BCUT2D eigenvalue weighted by molar-refractivity contribution is -0.112. The van der Waals surface area contributed by atoms with Crippen LogP contribution >= 0.6 is 15.9 Å². The van der Waals surface area contributed by atoms with Gasteiger partial charge in [0.05, 0.1) is 16.9 Å². The summed E-state index contributed by atoms with van der Waals surface area (Å²) in [5.74, 6) is -1.05. The highest BCUT2D eigenvalue weighted by molar-refractivity contribution is 9.10. The molecule has 0 aromatic heterocycles. The Morgan fingerprint density at radius 2 is 2.11 bits per heavy atom. The molecule has 0 saturated heterocycles. The summed E-state index contributed by atoms with van der Waals surface area (Å²) in [6.45, 7) is 1.52. The van der Waals surface area contributed by atoms with E-state index in [1.165, 1.54) is 0 Å². The number of rotatable bonds is 5. The number of nitrogens with one attached hydrogen (secondary N) is 1. The summed E-state index contributed by atoms with van der Waals surface area (Å²) >= 11 is 3.44. The first-order chi connectivity index (χ1) is 9.04. The number of ether oxygens (including phenoxy) is 1. The molecule has 5 nitrogen and oxygen atoms in total. The van der Waals surface area contributed by atoms with E-state index in [-0.39, 0.29) is 0 Å². The predicted octanol–water partition coefficient (Wildman–Crippen LogP) is 2.06. The Balaban J connectivity index is 2.22. The van der Waals surface area contributed by atoms with Crippen molar-refractivity contribution in [2.75, 3.05) is 37.5 Å². The minimum atomic E-state index is -0.568. The molecule has 0 bridgehead atoms. The van der Waals surface area contributed by atoms with Crippen molar-refractivity contribution in [3.05, 3.63) is 22.2 Å². The summed E-state index contributed by atoms with van der Waals surface area (Å²) < 4.78 is 5.82. The highest BCUT2D eigenvalue weighted by Gasteiger charge is 2.29. The van der Waals surface area contributed by atoms with Crippen LogP contribution in [0.4, 0.5) is 11.4 Å². The Kier molecular flexibility index (Phi) is 4.21. The maximum atomic E-state index is 11.6. The molecule has 0 saturated carbocycles. The van der Waals surface area contributed by atoms with Gasteiger partial charge in [0.15, 0.2) is 0 Å². The number of methoxy groups -OCH3 is 1. The lowest BCUT2D eigenvalue weighted by atomic mass is 10.1. The highest BCUT2D eigenvalue weighted by Crippen LogP contribution is 2.34. The van der Waals surface area contributed by atoms with E-state index in [1.54, 1.807) is 13.2 Å². The van der Waals surface area contributed by atoms with E-state index in [9.17, 15) is 9.59 Å². The monoisotopic (exact) mass is 326 g/mol. The number of Topliss-reactive ketones (excluding diaryl/α,β-unsaturated/α-hetero) is 1. The molecule has 1 amide bonds. The second-order valence-corrected chi connectivity index (χ2v) is 5.25. The number of amides is 1. The fourth-order valence-electron chi connectivity index (χ4n) is 2.01. The van der Waals surface area contributed by atoms with Crippen LogP contribution in [0.15, 0.2) is 16.6 Å². The summed E-state index contributed by atoms with van der Waals surface area (Å²) in [4.78, 5) is 25.0. The van der Waals surface area contributed by atoms with E-state index in [1.807, 2.05) is 13.1 Å². The first-order valence-corrected chi connectivity index (χ1v) is 6.73. The number of carbonyl (C=O) groups excluding carboxylic acids is 2. The van der Waals surface area contributed by atoms with Crippen molar-refractivity contribution in [2.45, 2.75) is 6.42 Å². The van der Waals surface area contributed by atoms with Crippen LogP contribution in [0.1, 0.15) is 16.8 Å². The van der Waals surface area contributed by atoms with Gasteiger partial charge in [-0.3, -0.25) is 9.59 Å². The molecular weight excluding hydrogens is 312 g/mol. The smallest absolute Gasteiger partial charge is 0.296 e. The molecule has 0 atom stereocenters. The lowest BCUT2D eigenvalue weighted by Crippen LogP contribution is -2.20. The number of nitrogens with zero attached hydrogens (tertiary/aromatic N) is 1. The van der Waals surface area contributed by atoms with Crippen molar-refractivity contribution < 1.29 is 14.3 Å². The Hall–Kier alpha value is -1.40. The Bertz CT molecular complexity index is 531. The average Bonchev–Trinajstić information content (AvgIpc) is 2.65. The maximum Gasteiger partial charge on any atom is 0.296 e. The van der Waals surface area contributed by atoms with Gasteiger partial charge in [-0.1, -0.05) is 0 Å². The minimum absolute atomic E-state index is 0.422. The third-order valence-electron chi connectivity index (χ3n) is 3.04. The maximum absolute atomic E-state index is 11.6. The molecule has 102 valence electrons. The van der Waals surface area contributed by atoms with Gasteiger partial charge < -0.3 is 15.0 Å². The molecule has 0 unspecified atom stereocenters. The Labute approximate surface area is 120 Å². The van der Waals surface area contributed by atoms with E-state index < -0.39 is 11.7 Å². The molecular formula is C13H15BrN2O3. The topological polar surface area (TPSA) is 58.6 Å². The Morgan fingerprint density at radius 3 is 2.79 bits per heavy atom. The number of anilines is 2. The van der Waals surface area contributed by atoms with Crippen LogP contribution in [0.3, 0.4) is 0 Å². The van der Waals surface area contributed by atoms with Crippen LogP contribution in [-0.2, 0) is 9.53 Å². The molecule has 1 aromatic carbocycles. The number of hydrogen-bond acceptors (Lipinski definition) is 4. The second-order valence-electron chi connectivity index (χ2n) is 4.40. The van der Waals surface area contributed by atoms with Crippen molar-refractivity contribution in [1.29, 1.82) is 0 Å². The summed E-state index contributed by atoms with van der Waals surface area (Å²) in [5.41, 5.74) is 1.93. The number of halogens is 1. The number of carbonyl (C=O) groups is 2. The van der Waals surface area contributed by atoms with E-state index in [0.29, 0.717) is 17.9 Å². The third-order valence-corrected chi connectivity index (χ3v) is 3.67. The third kappa shape index (κ3) is 2.79. The summed E-state index contributed by atoms with van der Waals surface area (Å²) in [5, 5.41) is 2.58. The summed E-state index contributed by atoms with van der Waals surface area (Å²) in [6, 6.07) is 3.51. The molecule has 1 heterocycles. The van der Waals surface area contributed by atoms with Crippen molar-refractivity contribution >= 4 is 39.0 Å². The molecule has 1 aliphatic rings. The molecule has 0 spiro atoms. The standard InChI is InChI=1S/C13H15BrN2O3/c1-16(4-3-5-19-2)11-7-10-8(6-9(11)14)12(17)13(18)15-10/h6-7H,3-5H2,1-2H3,(H,15,17,18). The molecule has 0 aliphatic carbocycles. The van der Waals surface area contributed by atoms with Gasteiger partial charge in [-0.25, -0.2) is 0 Å². The van der Waals surface area contributed by atoms with Crippen molar-refractivity contribution in [3.8, 4) is 0 Å². The molecule has 19 heavy (non-hydrogen) atoms. The van der Waals surface area contributed by atoms with Crippen molar-refractivity contribution in [3.63, 3.8) is 0 Å². The molecule has 1 N–H and O–H groups in total. The van der Waals surface area contributed by atoms with Gasteiger partial charge >= 0.3 is 0 Å². The van der Waals surface area contributed by atoms with Crippen LogP contribution in [-0.4, -0.2) is 39.0 Å². The van der Waals surface area contributed by atoms with E-state index >= 15 is 0 Å². The highest BCUT2D eigenvalue weighted by atomic mass is 79.9. The van der Waals surface area contributed by atoms with Crippen LogP contribution in [0, 0.1) is 0 Å². The normalized spacial score (nSPS) is 13.4. The van der Waals surface area contributed by atoms with E-state index in [2.05, 4.69) is 26.1 Å². The van der Waals surface area contributed by atoms with Crippen LogP contribution < -0.4 is 10.2 Å². The van der Waals surface area contributed by atoms with Gasteiger partial charge in [0.1, 0.15) is 0 Å². The zero-order valence-corrected chi connectivity index (χ0v) is 12.4. The minimum Gasteiger partial charge on any atom is -0.385 e. The summed E-state index contributed by atoms with van der Waals surface area (Å²) in [6.07, 6.45) is 0.905. The van der Waals surface area contributed by atoms with Gasteiger partial charge in [0, 0.05) is 31.8 Å². The SMILES string of the molecule is COCCCN(C)c1cc2c(cc1Br)C(=O)C(=O)N2. The molecule has 1 aromatic rings. The summed E-state index contributed by atoms with van der Waals surface area (Å²) in [7, 11) is 3.63. The van der Waals surface area contributed by atoms with Crippen LogP contribution in [0.5, 0.6) is 0 Å². The first kappa shape index (κ1) is 14.0. The van der Waals surface area contributed by atoms with Crippen LogP contribution in [0.2, 0.25) is 0 Å². The number of hydrogen-bond donors (Lipinski definition) is 1. The van der Waals surface area contributed by atoms with Crippen LogP contribution in [0.25, 0.3) is 0 Å². The van der Waals surface area contributed by atoms with Gasteiger partial charge in [0.25, 0.3) is 11.7 Å². The first-order valence-electron chi connectivity index (χ1n) is 5.94.